The van der Waals surface area contributed by atoms with Crippen molar-refractivity contribution >= 4 is 40.8 Å². The number of alkyl halides is 3. The molecule has 0 heterocycles. The van der Waals surface area contributed by atoms with Crippen molar-refractivity contribution in [2.24, 2.45) is 5.41 Å². The van der Waals surface area contributed by atoms with Crippen molar-refractivity contribution in [3.05, 3.63) is 0 Å². The first-order valence-electron chi connectivity index (χ1n) is 2.54. The summed E-state index contributed by atoms with van der Waals surface area (Å²) < 4.78 is 0. The molecule has 0 aliphatic carbocycles. The third-order valence-electron chi connectivity index (χ3n) is 1.22. The lowest BCUT2D eigenvalue weighted by atomic mass is 9.96. The molecule has 0 aliphatic heterocycles. The van der Waals surface area contributed by atoms with Gasteiger partial charge in [-0.25, -0.2) is 0 Å². The predicted octanol–water partition coefficient (Wildman–Crippen LogP) is 1.77. The van der Waals surface area contributed by atoms with Crippen molar-refractivity contribution in [3.63, 3.8) is 0 Å². The van der Waals surface area contributed by atoms with Gasteiger partial charge in [0.25, 0.3) is 0 Å². The van der Waals surface area contributed by atoms with Gasteiger partial charge in [-0.3, -0.25) is 4.79 Å². The van der Waals surface area contributed by atoms with Gasteiger partial charge >= 0.3 is 5.97 Å². The van der Waals surface area contributed by atoms with Gasteiger partial charge in [0, 0.05) is 17.6 Å². The normalized spacial score (nSPS) is 11.5. The van der Waals surface area contributed by atoms with Crippen LogP contribution in [0.4, 0.5) is 0 Å². The van der Waals surface area contributed by atoms with E-state index in [0.29, 0.717) is 0 Å². The van der Waals surface area contributed by atoms with Crippen LogP contribution in [0, 0.1) is 5.41 Å². The Balaban J connectivity index is 4.31. The number of halogens is 3. The van der Waals surface area contributed by atoms with Crippen LogP contribution in [-0.4, -0.2) is 28.7 Å². The Kier molecular flexibility index (Phi) is 4.41. The molecule has 0 amide bonds. The number of hydrogen-bond acceptors (Lipinski definition) is 1. The smallest absolute Gasteiger partial charge is 0.313 e. The van der Waals surface area contributed by atoms with Crippen LogP contribution in [0.25, 0.3) is 0 Å². The van der Waals surface area contributed by atoms with Crippen LogP contribution in [0.1, 0.15) is 0 Å². The zero-order chi connectivity index (χ0) is 8.20. The van der Waals surface area contributed by atoms with E-state index in [-0.39, 0.29) is 17.6 Å². The van der Waals surface area contributed by atoms with E-state index in [4.69, 9.17) is 39.9 Å². The van der Waals surface area contributed by atoms with E-state index >= 15 is 0 Å². The van der Waals surface area contributed by atoms with Crippen molar-refractivity contribution in [1.29, 1.82) is 0 Å². The van der Waals surface area contributed by atoms with Gasteiger partial charge in [-0.05, 0) is 0 Å². The van der Waals surface area contributed by atoms with E-state index in [1.165, 1.54) is 0 Å². The molecule has 0 aliphatic rings. The number of carbonyl (C=O) groups is 1. The molecule has 10 heavy (non-hydrogen) atoms. The van der Waals surface area contributed by atoms with Gasteiger partial charge in [0.1, 0.15) is 5.41 Å². The van der Waals surface area contributed by atoms with E-state index in [9.17, 15) is 4.79 Å². The van der Waals surface area contributed by atoms with Gasteiger partial charge in [-0.1, -0.05) is 0 Å². The van der Waals surface area contributed by atoms with Crippen LogP contribution < -0.4 is 0 Å². The number of aliphatic carboxylic acids is 1. The predicted molar refractivity (Wildman–Crippen MR) is 42.2 cm³/mol. The minimum absolute atomic E-state index is 0.0602. The highest BCUT2D eigenvalue weighted by molar-refractivity contribution is 6.27. The Hall–Kier alpha value is 0.340. The maximum atomic E-state index is 10.5. The van der Waals surface area contributed by atoms with Crippen LogP contribution in [0.15, 0.2) is 0 Å². The summed E-state index contributed by atoms with van der Waals surface area (Å²) in [4.78, 5) is 10.5. The van der Waals surface area contributed by atoms with Crippen molar-refractivity contribution in [3.8, 4) is 0 Å². The summed E-state index contributed by atoms with van der Waals surface area (Å²) in [6, 6.07) is 0. The fraction of sp³-hybridized carbons (Fsp3) is 0.800. The van der Waals surface area contributed by atoms with Crippen LogP contribution in [0.5, 0.6) is 0 Å². The Bertz CT molecular complexity index is 114. The first kappa shape index (κ1) is 10.3. The van der Waals surface area contributed by atoms with Crippen molar-refractivity contribution in [2.45, 2.75) is 0 Å². The van der Waals surface area contributed by atoms with Crippen LogP contribution in [-0.2, 0) is 4.79 Å². The molecule has 0 atom stereocenters. The van der Waals surface area contributed by atoms with Crippen LogP contribution in [0.3, 0.4) is 0 Å². The average Bonchev–Trinajstić information content (AvgIpc) is 1.92. The van der Waals surface area contributed by atoms with Crippen molar-refractivity contribution in [2.75, 3.05) is 17.6 Å². The zero-order valence-electron chi connectivity index (χ0n) is 5.11. The van der Waals surface area contributed by atoms with Gasteiger partial charge < -0.3 is 5.11 Å². The number of carboxylic acid groups (broad SMARTS) is 1. The molecule has 2 nitrogen and oxygen atoms in total. The third kappa shape index (κ3) is 1.91. The first-order valence-corrected chi connectivity index (χ1v) is 4.14. The Morgan fingerprint density at radius 1 is 1.20 bits per heavy atom. The minimum atomic E-state index is -1.16. The minimum Gasteiger partial charge on any atom is -0.481 e. The molecule has 0 bridgehead atoms. The SMILES string of the molecule is O=C(O)C(CCl)(CCl)CCl. The second-order valence-corrected chi connectivity index (χ2v) is 2.79. The van der Waals surface area contributed by atoms with Gasteiger partial charge in [0.2, 0.25) is 0 Å². The monoisotopic (exact) mass is 204 g/mol. The molecule has 60 valence electrons. The molecule has 1 N–H and O–H groups in total. The largest absolute Gasteiger partial charge is 0.481 e. The Labute approximate surface area is 74.1 Å². The molecule has 0 aromatic heterocycles. The standard InChI is InChI=1S/C5H7Cl3O2/c6-1-5(2-7,3-8)4(9)10/h1-3H2,(H,9,10). The topological polar surface area (TPSA) is 37.3 Å². The Morgan fingerprint density at radius 3 is 1.50 bits per heavy atom. The Morgan fingerprint density at radius 2 is 1.50 bits per heavy atom. The molecule has 0 aromatic carbocycles. The van der Waals surface area contributed by atoms with E-state index in [0.717, 1.165) is 0 Å². The maximum Gasteiger partial charge on any atom is 0.313 e. The molecular formula is C5H7Cl3O2. The van der Waals surface area contributed by atoms with Gasteiger partial charge in [-0.2, -0.15) is 0 Å². The summed E-state index contributed by atoms with van der Waals surface area (Å²) in [6.45, 7) is 0. The average molecular weight is 205 g/mol. The molecule has 0 spiro atoms. The van der Waals surface area contributed by atoms with Gasteiger partial charge in [0.05, 0.1) is 0 Å². The van der Waals surface area contributed by atoms with Crippen LogP contribution in [0.2, 0.25) is 0 Å². The molecular weight excluding hydrogens is 198 g/mol. The van der Waals surface area contributed by atoms with E-state index in [1.54, 1.807) is 0 Å². The lowest BCUT2D eigenvalue weighted by Crippen LogP contribution is -2.36. The summed E-state index contributed by atoms with van der Waals surface area (Å²) in [7, 11) is 0. The van der Waals surface area contributed by atoms with E-state index in [2.05, 4.69) is 0 Å². The second kappa shape index (κ2) is 4.27. The first-order chi connectivity index (χ1) is 4.63. The molecule has 0 saturated heterocycles. The number of rotatable bonds is 4. The number of hydrogen-bond donors (Lipinski definition) is 1. The van der Waals surface area contributed by atoms with E-state index in [1.807, 2.05) is 0 Å². The highest BCUT2D eigenvalue weighted by Gasteiger charge is 2.36. The highest BCUT2D eigenvalue weighted by Crippen LogP contribution is 2.23. The molecule has 0 radical (unpaired) electrons. The fourth-order valence-electron chi connectivity index (χ4n) is 0.279. The summed E-state index contributed by atoms with van der Waals surface area (Å²) in [5, 5.41) is 8.57. The summed E-state index contributed by atoms with van der Waals surface area (Å²) in [5.41, 5.74) is -1.16. The second-order valence-electron chi connectivity index (χ2n) is 1.99. The zero-order valence-corrected chi connectivity index (χ0v) is 7.38. The summed E-state index contributed by atoms with van der Waals surface area (Å²) in [6.07, 6.45) is 0. The van der Waals surface area contributed by atoms with E-state index < -0.39 is 11.4 Å². The quantitative estimate of drug-likeness (QED) is 0.710. The summed E-state index contributed by atoms with van der Waals surface area (Å²) >= 11 is 16.1. The molecule has 0 fully saturated rings. The lowest BCUT2D eigenvalue weighted by Gasteiger charge is -2.20. The number of carboxylic acids is 1. The molecule has 0 aromatic rings. The molecule has 5 heteroatoms. The maximum absolute atomic E-state index is 10.5. The van der Waals surface area contributed by atoms with Crippen molar-refractivity contribution in [1.82, 2.24) is 0 Å². The highest BCUT2D eigenvalue weighted by atomic mass is 35.5. The molecule has 0 rings (SSSR count). The lowest BCUT2D eigenvalue weighted by molar-refractivity contribution is -0.145. The van der Waals surface area contributed by atoms with Crippen molar-refractivity contribution < 1.29 is 9.90 Å². The molecule has 0 unspecified atom stereocenters. The fourth-order valence-corrected chi connectivity index (χ4v) is 1.48. The van der Waals surface area contributed by atoms with Gasteiger partial charge in [-0.15, -0.1) is 34.8 Å². The van der Waals surface area contributed by atoms with Gasteiger partial charge in [0.15, 0.2) is 0 Å². The third-order valence-corrected chi connectivity index (χ3v) is 2.76. The molecule has 0 saturated carbocycles. The summed E-state index contributed by atoms with van der Waals surface area (Å²) in [5.74, 6) is -1.23. The van der Waals surface area contributed by atoms with Crippen LogP contribution >= 0.6 is 34.8 Å².